The molecule has 0 aromatic heterocycles. The Labute approximate surface area is 164 Å². The van der Waals surface area contributed by atoms with Crippen LogP contribution in [0.15, 0.2) is 58.3 Å². The maximum Gasteiger partial charge on any atom is 0.243 e. The Bertz CT molecular complexity index is 1080. The molecule has 150 valence electrons. The van der Waals surface area contributed by atoms with E-state index in [-0.39, 0.29) is 34.2 Å². The van der Waals surface area contributed by atoms with Crippen LogP contribution in [0.2, 0.25) is 0 Å². The maximum atomic E-state index is 13.2. The standard InChI is InChI=1S/C19H21FN2O4S2/c20-15-6-4-14(5-7-15)13-22(17-10-11-17)28(25,26)19-3-1-2-18(12-19)27(23,24)21-16-8-9-16/h1-7,12,16-17,21H,8-11,13H2. The Balaban J connectivity index is 1.64. The fourth-order valence-electron chi connectivity index (χ4n) is 2.97. The summed E-state index contributed by atoms with van der Waals surface area (Å²) in [4.78, 5) is -0.113. The highest BCUT2D eigenvalue weighted by Crippen LogP contribution is 2.34. The Morgan fingerprint density at radius 1 is 0.929 bits per heavy atom. The van der Waals surface area contributed by atoms with Gasteiger partial charge in [-0.15, -0.1) is 0 Å². The van der Waals surface area contributed by atoms with E-state index in [1.54, 1.807) is 12.1 Å². The zero-order valence-electron chi connectivity index (χ0n) is 15.1. The van der Waals surface area contributed by atoms with Crippen LogP contribution in [-0.2, 0) is 26.6 Å². The number of nitrogens with one attached hydrogen (secondary N) is 1. The highest BCUT2D eigenvalue weighted by Gasteiger charge is 2.38. The highest BCUT2D eigenvalue weighted by molar-refractivity contribution is 7.90. The molecular weight excluding hydrogens is 403 g/mol. The molecular formula is C19H21FN2O4S2. The number of rotatable bonds is 8. The SMILES string of the molecule is O=S(=O)(NC1CC1)c1cccc(S(=O)(=O)N(Cc2ccc(F)cc2)C2CC2)c1. The molecule has 1 N–H and O–H groups in total. The van der Waals surface area contributed by atoms with Gasteiger partial charge < -0.3 is 0 Å². The van der Waals surface area contributed by atoms with Crippen molar-refractivity contribution in [3.05, 3.63) is 59.9 Å². The molecule has 2 aliphatic carbocycles. The third-order valence-corrected chi connectivity index (χ3v) is 8.24. The van der Waals surface area contributed by atoms with E-state index in [0.717, 1.165) is 25.7 Å². The van der Waals surface area contributed by atoms with Crippen molar-refractivity contribution in [2.45, 2.75) is 54.1 Å². The zero-order chi connectivity index (χ0) is 19.9. The molecule has 0 aliphatic heterocycles. The Morgan fingerprint density at radius 2 is 1.57 bits per heavy atom. The second-order valence-electron chi connectivity index (χ2n) is 7.28. The topological polar surface area (TPSA) is 83.5 Å². The predicted molar refractivity (Wildman–Crippen MR) is 102 cm³/mol. The van der Waals surface area contributed by atoms with Crippen LogP contribution in [0.3, 0.4) is 0 Å². The molecule has 2 saturated carbocycles. The number of hydrogen-bond donors (Lipinski definition) is 1. The van der Waals surface area contributed by atoms with Crippen molar-refractivity contribution in [3.8, 4) is 0 Å². The van der Waals surface area contributed by atoms with Gasteiger partial charge in [0, 0.05) is 18.6 Å². The second-order valence-corrected chi connectivity index (χ2v) is 10.9. The number of hydrogen-bond acceptors (Lipinski definition) is 4. The maximum absolute atomic E-state index is 13.2. The summed E-state index contributed by atoms with van der Waals surface area (Å²) in [5.74, 6) is -0.384. The quantitative estimate of drug-likeness (QED) is 0.706. The normalized spacial score (nSPS) is 17.8. The van der Waals surface area contributed by atoms with Gasteiger partial charge in [-0.05, 0) is 61.6 Å². The lowest BCUT2D eigenvalue weighted by Crippen LogP contribution is -2.33. The number of nitrogens with zero attached hydrogens (tertiary/aromatic N) is 1. The van der Waals surface area contributed by atoms with E-state index in [2.05, 4.69) is 4.72 Å². The summed E-state index contributed by atoms with van der Waals surface area (Å²) >= 11 is 0. The first-order valence-electron chi connectivity index (χ1n) is 9.14. The van der Waals surface area contributed by atoms with Gasteiger partial charge in [0.1, 0.15) is 5.82 Å². The molecule has 0 atom stereocenters. The van der Waals surface area contributed by atoms with Crippen molar-refractivity contribution in [3.63, 3.8) is 0 Å². The minimum Gasteiger partial charge on any atom is -0.208 e. The van der Waals surface area contributed by atoms with Crippen molar-refractivity contribution in [1.82, 2.24) is 9.03 Å². The van der Waals surface area contributed by atoms with E-state index in [0.29, 0.717) is 5.56 Å². The summed E-state index contributed by atoms with van der Waals surface area (Å²) in [6, 6.07) is 11.0. The van der Waals surface area contributed by atoms with Crippen molar-refractivity contribution >= 4 is 20.0 Å². The molecule has 0 saturated heterocycles. The van der Waals surface area contributed by atoms with Gasteiger partial charge in [-0.3, -0.25) is 0 Å². The third kappa shape index (κ3) is 4.27. The summed E-state index contributed by atoms with van der Waals surface area (Å²) in [6.07, 6.45) is 3.10. The minimum absolute atomic E-state index is 0.0554. The van der Waals surface area contributed by atoms with Gasteiger partial charge in [-0.25, -0.2) is 25.9 Å². The molecule has 2 aromatic carbocycles. The van der Waals surface area contributed by atoms with Crippen LogP contribution in [0, 0.1) is 5.82 Å². The molecule has 2 aliphatic rings. The fourth-order valence-corrected chi connectivity index (χ4v) is 6.11. The first kappa shape index (κ1) is 19.5. The second kappa shape index (κ2) is 7.22. The Hall–Kier alpha value is -1.81. The molecule has 0 bridgehead atoms. The van der Waals surface area contributed by atoms with Gasteiger partial charge in [0.25, 0.3) is 0 Å². The molecule has 0 amide bonds. The van der Waals surface area contributed by atoms with Gasteiger partial charge >= 0.3 is 0 Å². The van der Waals surface area contributed by atoms with Crippen molar-refractivity contribution in [2.24, 2.45) is 0 Å². The van der Waals surface area contributed by atoms with Crippen molar-refractivity contribution < 1.29 is 21.2 Å². The van der Waals surface area contributed by atoms with Gasteiger partial charge in [0.15, 0.2) is 0 Å². The largest absolute Gasteiger partial charge is 0.243 e. The molecule has 2 aromatic rings. The molecule has 0 spiro atoms. The van der Waals surface area contributed by atoms with Crippen molar-refractivity contribution in [1.29, 1.82) is 0 Å². The van der Waals surface area contributed by atoms with Gasteiger partial charge in [0.05, 0.1) is 9.79 Å². The number of sulfonamides is 2. The van der Waals surface area contributed by atoms with Crippen LogP contribution in [0.25, 0.3) is 0 Å². The summed E-state index contributed by atoms with van der Waals surface area (Å²) < 4.78 is 68.5. The fraction of sp³-hybridized carbons (Fsp3) is 0.368. The number of benzene rings is 2. The molecule has 0 heterocycles. The molecule has 0 radical (unpaired) electrons. The van der Waals surface area contributed by atoms with E-state index in [1.807, 2.05) is 0 Å². The first-order valence-corrected chi connectivity index (χ1v) is 12.1. The average Bonchev–Trinajstić information content (AvgIpc) is 3.56. The van der Waals surface area contributed by atoms with E-state index >= 15 is 0 Å². The summed E-state index contributed by atoms with van der Waals surface area (Å²) in [7, 11) is -7.64. The van der Waals surface area contributed by atoms with Crippen LogP contribution in [-0.4, -0.2) is 33.2 Å². The van der Waals surface area contributed by atoms with Crippen LogP contribution >= 0.6 is 0 Å². The number of halogens is 1. The zero-order valence-corrected chi connectivity index (χ0v) is 16.7. The van der Waals surface area contributed by atoms with E-state index in [4.69, 9.17) is 0 Å². The summed E-state index contributed by atoms with van der Waals surface area (Å²) in [5, 5.41) is 0. The molecule has 9 heteroatoms. The van der Waals surface area contributed by atoms with Crippen molar-refractivity contribution in [2.75, 3.05) is 0 Å². The van der Waals surface area contributed by atoms with E-state index in [1.165, 1.54) is 40.7 Å². The average molecular weight is 425 g/mol. The lowest BCUT2D eigenvalue weighted by molar-refractivity contribution is 0.398. The molecule has 0 unspecified atom stereocenters. The lowest BCUT2D eigenvalue weighted by atomic mass is 10.2. The molecule has 2 fully saturated rings. The van der Waals surface area contributed by atoms with Crippen LogP contribution in [0.5, 0.6) is 0 Å². The summed E-state index contributed by atoms with van der Waals surface area (Å²) in [6.45, 7) is 0.116. The monoisotopic (exact) mass is 424 g/mol. The molecule has 6 nitrogen and oxygen atoms in total. The van der Waals surface area contributed by atoms with Gasteiger partial charge in [-0.2, -0.15) is 4.31 Å². The van der Waals surface area contributed by atoms with E-state index in [9.17, 15) is 21.2 Å². The van der Waals surface area contributed by atoms with Gasteiger partial charge in [0.2, 0.25) is 20.0 Å². The lowest BCUT2D eigenvalue weighted by Gasteiger charge is -2.22. The van der Waals surface area contributed by atoms with Crippen LogP contribution < -0.4 is 4.72 Å². The Morgan fingerprint density at radius 3 is 2.18 bits per heavy atom. The van der Waals surface area contributed by atoms with Gasteiger partial charge in [-0.1, -0.05) is 18.2 Å². The third-order valence-electron chi connectivity index (χ3n) is 4.83. The van der Waals surface area contributed by atoms with Crippen LogP contribution in [0.4, 0.5) is 4.39 Å². The minimum atomic E-state index is -3.89. The summed E-state index contributed by atoms with van der Waals surface area (Å²) in [5.41, 5.74) is 0.677. The van der Waals surface area contributed by atoms with E-state index < -0.39 is 20.0 Å². The Kier molecular flexibility index (Phi) is 5.03. The smallest absolute Gasteiger partial charge is 0.208 e. The molecule has 28 heavy (non-hydrogen) atoms. The molecule has 4 rings (SSSR count). The van der Waals surface area contributed by atoms with Crippen LogP contribution in [0.1, 0.15) is 31.2 Å². The first-order chi connectivity index (χ1) is 13.3. The predicted octanol–water partition coefficient (Wildman–Crippen LogP) is 2.62. The highest BCUT2D eigenvalue weighted by atomic mass is 32.2.